The zero-order valence-electron chi connectivity index (χ0n) is 12.4. The number of nitrogens with zero attached hydrogens (tertiary/aromatic N) is 1. The van der Waals surface area contributed by atoms with Crippen LogP contribution in [-0.4, -0.2) is 16.5 Å². The Morgan fingerprint density at radius 2 is 1.91 bits per heavy atom. The van der Waals surface area contributed by atoms with Gasteiger partial charge in [0.15, 0.2) is 0 Å². The molecule has 1 fully saturated rings. The van der Waals surface area contributed by atoms with E-state index in [9.17, 15) is 14.0 Å². The Balaban J connectivity index is 2.08. The zero-order chi connectivity index (χ0) is 16.7. The molecule has 0 spiro atoms. The maximum atomic E-state index is 14.2. The van der Waals surface area contributed by atoms with E-state index >= 15 is 0 Å². The predicted molar refractivity (Wildman–Crippen MR) is 87.6 cm³/mol. The van der Waals surface area contributed by atoms with E-state index in [-0.39, 0.29) is 11.5 Å². The normalized spacial score (nSPS) is 15.9. The van der Waals surface area contributed by atoms with Crippen LogP contribution in [0.1, 0.15) is 17.0 Å². The zero-order valence-corrected chi connectivity index (χ0v) is 14.0. The van der Waals surface area contributed by atoms with Crippen molar-refractivity contribution in [2.75, 3.05) is 0 Å². The lowest BCUT2D eigenvalue weighted by molar-refractivity contribution is -0.115. The molecule has 0 bridgehead atoms. The van der Waals surface area contributed by atoms with Gasteiger partial charge in [0.05, 0.1) is 5.69 Å². The number of aromatic nitrogens is 1. The SMILES string of the molecule is Cc1cc(/C=C2\NC(=O)NC2=O)c(C)n1-c1ccc(Br)cc1F. The van der Waals surface area contributed by atoms with Gasteiger partial charge in [-0.05, 0) is 49.8 Å². The molecule has 5 nitrogen and oxygen atoms in total. The van der Waals surface area contributed by atoms with Crippen LogP contribution >= 0.6 is 15.9 Å². The molecule has 1 aromatic carbocycles. The molecule has 1 aliphatic heterocycles. The van der Waals surface area contributed by atoms with Gasteiger partial charge in [-0.1, -0.05) is 15.9 Å². The van der Waals surface area contributed by atoms with Gasteiger partial charge < -0.3 is 9.88 Å². The Morgan fingerprint density at radius 3 is 2.52 bits per heavy atom. The molecule has 3 amide bonds. The second-order valence-corrected chi connectivity index (χ2v) is 6.14. The lowest BCUT2D eigenvalue weighted by atomic mass is 10.2. The summed E-state index contributed by atoms with van der Waals surface area (Å²) in [7, 11) is 0. The van der Waals surface area contributed by atoms with Crippen molar-refractivity contribution in [1.29, 1.82) is 0 Å². The van der Waals surface area contributed by atoms with Gasteiger partial charge in [0, 0.05) is 15.9 Å². The van der Waals surface area contributed by atoms with Crippen LogP contribution in [0.5, 0.6) is 0 Å². The molecule has 1 aromatic heterocycles. The highest BCUT2D eigenvalue weighted by molar-refractivity contribution is 9.10. The highest BCUT2D eigenvalue weighted by atomic mass is 79.9. The van der Waals surface area contributed by atoms with E-state index in [4.69, 9.17) is 0 Å². The molecular formula is C16H13BrFN3O2. The Kier molecular flexibility index (Phi) is 3.81. The van der Waals surface area contributed by atoms with Crippen LogP contribution in [0, 0.1) is 19.7 Å². The first-order valence-corrected chi connectivity index (χ1v) is 7.64. The number of carbonyl (C=O) groups is 2. The highest BCUT2D eigenvalue weighted by Gasteiger charge is 2.23. The number of benzene rings is 1. The summed E-state index contributed by atoms with van der Waals surface area (Å²) in [5.41, 5.74) is 2.92. The summed E-state index contributed by atoms with van der Waals surface area (Å²) in [5, 5.41) is 4.58. The molecule has 23 heavy (non-hydrogen) atoms. The van der Waals surface area contributed by atoms with E-state index in [0.29, 0.717) is 10.2 Å². The van der Waals surface area contributed by atoms with Gasteiger partial charge in [-0.3, -0.25) is 10.1 Å². The molecule has 2 aromatic rings. The van der Waals surface area contributed by atoms with Crippen LogP contribution < -0.4 is 10.6 Å². The number of hydrogen-bond donors (Lipinski definition) is 2. The van der Waals surface area contributed by atoms with E-state index < -0.39 is 11.9 Å². The number of hydrogen-bond acceptors (Lipinski definition) is 2. The molecule has 0 unspecified atom stereocenters. The van der Waals surface area contributed by atoms with Gasteiger partial charge in [0.2, 0.25) is 0 Å². The molecule has 0 saturated carbocycles. The Morgan fingerprint density at radius 1 is 1.17 bits per heavy atom. The van der Waals surface area contributed by atoms with Crippen molar-refractivity contribution < 1.29 is 14.0 Å². The number of rotatable bonds is 2. The van der Waals surface area contributed by atoms with E-state index in [1.54, 1.807) is 22.8 Å². The minimum Gasteiger partial charge on any atom is -0.315 e. The summed E-state index contributed by atoms with van der Waals surface area (Å²) < 4.78 is 16.7. The molecule has 2 N–H and O–H groups in total. The third kappa shape index (κ3) is 2.79. The molecule has 1 saturated heterocycles. The first-order chi connectivity index (χ1) is 10.9. The largest absolute Gasteiger partial charge is 0.326 e. The molecule has 118 valence electrons. The lowest BCUT2D eigenvalue weighted by Crippen LogP contribution is -2.22. The minimum atomic E-state index is -0.547. The lowest BCUT2D eigenvalue weighted by Gasteiger charge is -2.11. The summed E-state index contributed by atoms with van der Waals surface area (Å²) in [5.74, 6) is -0.832. The van der Waals surface area contributed by atoms with Gasteiger partial charge in [-0.2, -0.15) is 0 Å². The number of carbonyl (C=O) groups excluding carboxylic acids is 2. The quantitative estimate of drug-likeness (QED) is 0.623. The van der Waals surface area contributed by atoms with Crippen molar-refractivity contribution in [3.05, 3.63) is 57.2 Å². The second-order valence-electron chi connectivity index (χ2n) is 5.22. The van der Waals surface area contributed by atoms with Gasteiger partial charge in [0.1, 0.15) is 11.5 Å². The van der Waals surface area contributed by atoms with Crippen LogP contribution in [0.2, 0.25) is 0 Å². The number of imide groups is 1. The van der Waals surface area contributed by atoms with E-state index in [1.807, 2.05) is 19.9 Å². The number of amides is 3. The summed E-state index contributed by atoms with van der Waals surface area (Å²) in [6.07, 6.45) is 1.58. The van der Waals surface area contributed by atoms with Crippen molar-refractivity contribution in [1.82, 2.24) is 15.2 Å². The van der Waals surface area contributed by atoms with Gasteiger partial charge in [0.25, 0.3) is 5.91 Å². The molecule has 0 radical (unpaired) electrons. The van der Waals surface area contributed by atoms with Crippen molar-refractivity contribution in [2.24, 2.45) is 0 Å². The maximum absolute atomic E-state index is 14.2. The van der Waals surface area contributed by atoms with Crippen LogP contribution in [0.25, 0.3) is 11.8 Å². The van der Waals surface area contributed by atoms with Gasteiger partial charge >= 0.3 is 6.03 Å². The monoisotopic (exact) mass is 377 g/mol. The average molecular weight is 378 g/mol. The molecule has 3 rings (SSSR count). The molecule has 2 heterocycles. The number of aryl methyl sites for hydroxylation is 1. The summed E-state index contributed by atoms with van der Waals surface area (Å²) >= 11 is 3.24. The van der Waals surface area contributed by atoms with Gasteiger partial charge in [-0.15, -0.1) is 0 Å². The summed E-state index contributed by atoms with van der Waals surface area (Å²) in [6, 6.07) is 6.13. The van der Waals surface area contributed by atoms with Crippen molar-refractivity contribution in [2.45, 2.75) is 13.8 Å². The Labute approximate surface area is 140 Å². The molecule has 7 heteroatoms. The summed E-state index contributed by atoms with van der Waals surface area (Å²) in [6.45, 7) is 3.68. The molecule has 0 aliphatic carbocycles. The highest BCUT2D eigenvalue weighted by Crippen LogP contribution is 2.26. The number of halogens is 2. The first-order valence-electron chi connectivity index (χ1n) is 6.85. The Bertz CT molecular complexity index is 870. The fourth-order valence-electron chi connectivity index (χ4n) is 2.60. The van der Waals surface area contributed by atoms with Crippen LogP contribution in [0.3, 0.4) is 0 Å². The smallest absolute Gasteiger partial charge is 0.315 e. The van der Waals surface area contributed by atoms with Crippen LogP contribution in [-0.2, 0) is 4.79 Å². The number of urea groups is 1. The average Bonchev–Trinajstić information content (AvgIpc) is 2.91. The van der Waals surface area contributed by atoms with Gasteiger partial charge in [-0.25, -0.2) is 9.18 Å². The standard InChI is InChI=1S/C16H13BrFN3O2/c1-8-5-10(6-13-15(22)20-16(23)19-13)9(2)21(8)14-4-3-11(17)7-12(14)18/h3-7H,1-2H3,(H2,19,20,22,23)/b13-6-. The topological polar surface area (TPSA) is 63.1 Å². The van der Waals surface area contributed by atoms with Crippen LogP contribution in [0.4, 0.5) is 9.18 Å². The minimum absolute atomic E-state index is 0.173. The number of nitrogens with one attached hydrogen (secondary N) is 2. The van der Waals surface area contributed by atoms with Crippen LogP contribution in [0.15, 0.2) is 34.4 Å². The van der Waals surface area contributed by atoms with Crippen molar-refractivity contribution in [3.8, 4) is 5.69 Å². The van der Waals surface area contributed by atoms with Crippen molar-refractivity contribution in [3.63, 3.8) is 0 Å². The third-order valence-electron chi connectivity index (χ3n) is 3.64. The van der Waals surface area contributed by atoms with E-state index in [1.165, 1.54) is 6.07 Å². The second kappa shape index (κ2) is 5.66. The molecule has 1 aliphatic rings. The third-order valence-corrected chi connectivity index (χ3v) is 4.13. The Hall–Kier alpha value is -2.41. The fourth-order valence-corrected chi connectivity index (χ4v) is 2.94. The fraction of sp³-hybridized carbons (Fsp3) is 0.125. The first kappa shape index (κ1) is 15.5. The van der Waals surface area contributed by atoms with Crippen molar-refractivity contribution >= 4 is 33.9 Å². The van der Waals surface area contributed by atoms with E-state index in [2.05, 4.69) is 26.6 Å². The predicted octanol–water partition coefficient (Wildman–Crippen LogP) is 3.18. The summed E-state index contributed by atoms with van der Waals surface area (Å²) in [4.78, 5) is 22.8. The molecule has 0 atom stereocenters. The molecular weight excluding hydrogens is 365 g/mol. The maximum Gasteiger partial charge on any atom is 0.326 e. The van der Waals surface area contributed by atoms with E-state index in [0.717, 1.165) is 17.0 Å².